The Labute approximate surface area is 172 Å². The summed E-state index contributed by atoms with van der Waals surface area (Å²) in [6.45, 7) is 1.58. The van der Waals surface area contributed by atoms with Gasteiger partial charge < -0.3 is 5.11 Å². The molecule has 1 aromatic heterocycles. The average molecular weight is 397 g/mol. The van der Waals surface area contributed by atoms with Crippen molar-refractivity contribution in [2.45, 2.75) is 6.92 Å². The van der Waals surface area contributed by atoms with Gasteiger partial charge in [-0.05, 0) is 43.3 Å². The maximum Gasteiger partial charge on any atom is 0.271 e. The summed E-state index contributed by atoms with van der Waals surface area (Å²) < 4.78 is 1.53. The van der Waals surface area contributed by atoms with Crippen molar-refractivity contribution in [3.63, 3.8) is 0 Å². The normalized spacial score (nSPS) is 11.4. The number of benzene rings is 3. The number of carbonyl (C=O) groups is 1. The molecule has 0 bridgehead atoms. The first-order valence-electron chi connectivity index (χ1n) is 9.40. The third-order valence-corrected chi connectivity index (χ3v) is 4.79. The molecule has 0 atom stereocenters. The molecule has 0 saturated heterocycles. The number of carbonyl (C=O) groups excluding carboxylic acids is 1. The summed E-state index contributed by atoms with van der Waals surface area (Å²) in [5.41, 5.74) is 3.95. The van der Waals surface area contributed by atoms with Gasteiger partial charge in [-0.1, -0.05) is 48.5 Å². The first-order chi connectivity index (χ1) is 14.6. The molecule has 3 aromatic carbocycles. The lowest BCUT2D eigenvalue weighted by Gasteiger charge is -2.15. The number of para-hydroxylation sites is 2. The van der Waals surface area contributed by atoms with Crippen LogP contribution in [0.1, 0.15) is 22.8 Å². The predicted octanol–water partition coefficient (Wildman–Crippen LogP) is 3.85. The molecule has 0 fully saturated rings. The van der Waals surface area contributed by atoms with Crippen molar-refractivity contribution in [1.29, 1.82) is 0 Å². The fraction of sp³-hybridized carbons (Fsp3) is 0.0417. The van der Waals surface area contributed by atoms with Crippen molar-refractivity contribution in [2.24, 2.45) is 5.10 Å². The van der Waals surface area contributed by atoms with Crippen molar-refractivity contribution in [3.05, 3.63) is 106 Å². The summed E-state index contributed by atoms with van der Waals surface area (Å²) in [6, 6.07) is 24.9. The number of aromatic nitrogens is 1. The highest BCUT2D eigenvalue weighted by Gasteiger charge is 2.19. The van der Waals surface area contributed by atoms with Crippen molar-refractivity contribution >= 4 is 22.5 Å². The van der Waals surface area contributed by atoms with E-state index >= 15 is 0 Å². The summed E-state index contributed by atoms with van der Waals surface area (Å²) in [5, 5.41) is 15.4. The molecule has 0 radical (unpaired) electrons. The van der Waals surface area contributed by atoms with Crippen LogP contribution >= 0.6 is 0 Å². The Hall–Kier alpha value is -4.19. The Bertz CT molecular complexity index is 1310. The maximum atomic E-state index is 13.4. The van der Waals surface area contributed by atoms with E-state index in [1.807, 2.05) is 36.4 Å². The fourth-order valence-electron chi connectivity index (χ4n) is 3.33. The predicted molar refractivity (Wildman–Crippen MR) is 117 cm³/mol. The second kappa shape index (κ2) is 8.05. The first kappa shape index (κ1) is 19.1. The molecule has 0 aliphatic heterocycles. The Morgan fingerprint density at radius 1 is 0.900 bits per heavy atom. The van der Waals surface area contributed by atoms with Crippen LogP contribution in [0.3, 0.4) is 0 Å². The fourth-order valence-corrected chi connectivity index (χ4v) is 3.33. The van der Waals surface area contributed by atoms with E-state index in [0.717, 1.165) is 0 Å². The number of nitrogens with one attached hydrogen (secondary N) is 1. The maximum absolute atomic E-state index is 13.4. The molecule has 1 heterocycles. The smallest absolute Gasteiger partial charge is 0.271 e. The van der Waals surface area contributed by atoms with Crippen molar-refractivity contribution in [1.82, 2.24) is 9.99 Å². The Morgan fingerprint density at radius 2 is 1.50 bits per heavy atom. The van der Waals surface area contributed by atoms with Crippen LogP contribution in [0.15, 0.2) is 94.8 Å². The number of aromatic hydroxyl groups is 1. The van der Waals surface area contributed by atoms with E-state index in [9.17, 15) is 14.7 Å². The molecule has 6 heteroatoms. The summed E-state index contributed by atoms with van der Waals surface area (Å²) in [5.74, 6) is -0.573. The number of amides is 1. The van der Waals surface area contributed by atoms with Crippen LogP contribution in [0.25, 0.3) is 16.6 Å². The molecular formula is C24H19N3O3. The molecular weight excluding hydrogens is 378 g/mol. The molecule has 1 amide bonds. The zero-order valence-electron chi connectivity index (χ0n) is 16.2. The standard InChI is InChI=1S/C24H19N3O3/c1-16(25-26-23(29)17-10-4-2-5-11-17)21-22(28)19-14-8-9-15-20(19)27(24(21)30)18-12-6-3-7-13-18/h2-15,28H,1H3,(H,26,29)/b25-16+. The molecule has 4 aromatic rings. The largest absolute Gasteiger partial charge is 0.506 e. The van der Waals surface area contributed by atoms with Crippen LogP contribution in [-0.2, 0) is 0 Å². The average Bonchev–Trinajstić information content (AvgIpc) is 2.79. The number of hydrogen-bond donors (Lipinski definition) is 2. The van der Waals surface area contributed by atoms with Gasteiger partial charge in [-0.2, -0.15) is 5.10 Å². The Balaban J connectivity index is 1.85. The number of nitrogens with zero attached hydrogens (tertiary/aromatic N) is 2. The van der Waals surface area contributed by atoms with Gasteiger partial charge in [-0.3, -0.25) is 14.2 Å². The Kier molecular flexibility index (Phi) is 5.13. The minimum absolute atomic E-state index is 0.0333. The van der Waals surface area contributed by atoms with Gasteiger partial charge in [0.05, 0.1) is 11.2 Å². The molecule has 30 heavy (non-hydrogen) atoms. The number of fused-ring (bicyclic) bond motifs is 1. The molecule has 0 aliphatic carbocycles. The SMILES string of the molecule is C/C(=N\NC(=O)c1ccccc1)c1c(O)c2ccccc2n(-c2ccccc2)c1=O. The third kappa shape index (κ3) is 3.46. The molecule has 148 valence electrons. The van der Waals surface area contributed by atoms with Crippen LogP contribution in [0.4, 0.5) is 0 Å². The van der Waals surface area contributed by atoms with Crippen LogP contribution < -0.4 is 11.0 Å². The number of rotatable bonds is 4. The minimum Gasteiger partial charge on any atom is -0.506 e. The van der Waals surface area contributed by atoms with Gasteiger partial charge in [0.15, 0.2) is 0 Å². The quantitative estimate of drug-likeness (QED) is 0.405. The van der Waals surface area contributed by atoms with Gasteiger partial charge in [0, 0.05) is 16.6 Å². The topological polar surface area (TPSA) is 83.7 Å². The van der Waals surface area contributed by atoms with Gasteiger partial charge in [0.1, 0.15) is 11.3 Å². The van der Waals surface area contributed by atoms with E-state index < -0.39 is 11.5 Å². The number of hydrogen-bond acceptors (Lipinski definition) is 4. The Morgan fingerprint density at radius 3 is 2.20 bits per heavy atom. The van der Waals surface area contributed by atoms with E-state index in [-0.39, 0.29) is 17.0 Å². The highest BCUT2D eigenvalue weighted by molar-refractivity contribution is 6.06. The van der Waals surface area contributed by atoms with E-state index in [0.29, 0.717) is 22.2 Å². The lowest BCUT2D eigenvalue weighted by Crippen LogP contribution is -2.27. The third-order valence-electron chi connectivity index (χ3n) is 4.79. The monoisotopic (exact) mass is 397 g/mol. The molecule has 4 rings (SSSR count). The zero-order valence-corrected chi connectivity index (χ0v) is 16.2. The lowest BCUT2D eigenvalue weighted by molar-refractivity contribution is 0.0955. The van der Waals surface area contributed by atoms with E-state index in [4.69, 9.17) is 0 Å². The van der Waals surface area contributed by atoms with E-state index in [1.54, 1.807) is 55.5 Å². The van der Waals surface area contributed by atoms with Crippen molar-refractivity contribution < 1.29 is 9.90 Å². The van der Waals surface area contributed by atoms with Crippen LogP contribution in [0.5, 0.6) is 5.75 Å². The summed E-state index contributed by atoms with van der Waals surface area (Å²) in [4.78, 5) is 25.7. The van der Waals surface area contributed by atoms with Gasteiger partial charge in [-0.25, -0.2) is 5.43 Å². The molecule has 2 N–H and O–H groups in total. The number of hydrazone groups is 1. The van der Waals surface area contributed by atoms with Gasteiger partial charge in [0.2, 0.25) is 0 Å². The van der Waals surface area contributed by atoms with Crippen LogP contribution in [0, 0.1) is 0 Å². The highest BCUT2D eigenvalue weighted by Crippen LogP contribution is 2.28. The van der Waals surface area contributed by atoms with Gasteiger partial charge in [0.25, 0.3) is 11.5 Å². The minimum atomic E-state index is -0.424. The van der Waals surface area contributed by atoms with Crippen LogP contribution in [0.2, 0.25) is 0 Å². The molecule has 6 nitrogen and oxygen atoms in total. The van der Waals surface area contributed by atoms with E-state index in [2.05, 4.69) is 10.5 Å². The lowest BCUT2D eigenvalue weighted by atomic mass is 10.1. The van der Waals surface area contributed by atoms with Gasteiger partial charge >= 0.3 is 0 Å². The molecule has 0 saturated carbocycles. The summed E-state index contributed by atoms with van der Waals surface area (Å²) in [7, 11) is 0. The molecule has 0 aliphatic rings. The second-order valence-corrected chi connectivity index (χ2v) is 6.72. The van der Waals surface area contributed by atoms with Crippen molar-refractivity contribution in [2.75, 3.05) is 0 Å². The number of pyridine rings is 1. The van der Waals surface area contributed by atoms with Crippen molar-refractivity contribution in [3.8, 4) is 11.4 Å². The first-order valence-corrected chi connectivity index (χ1v) is 9.40. The van der Waals surface area contributed by atoms with E-state index in [1.165, 1.54) is 4.57 Å². The summed E-state index contributed by atoms with van der Waals surface area (Å²) >= 11 is 0. The summed E-state index contributed by atoms with van der Waals surface area (Å²) in [6.07, 6.45) is 0. The second-order valence-electron chi connectivity index (χ2n) is 6.72. The van der Waals surface area contributed by atoms with Gasteiger partial charge in [-0.15, -0.1) is 0 Å². The highest BCUT2D eigenvalue weighted by atomic mass is 16.3. The van der Waals surface area contributed by atoms with Crippen LogP contribution in [-0.4, -0.2) is 21.3 Å². The molecule has 0 spiro atoms. The molecule has 0 unspecified atom stereocenters. The zero-order chi connectivity index (χ0) is 21.1.